The summed E-state index contributed by atoms with van der Waals surface area (Å²) in [5.41, 5.74) is 2.71. The highest BCUT2D eigenvalue weighted by molar-refractivity contribution is 5.95. The minimum Gasteiger partial charge on any atom is -0.489 e. The first-order valence-corrected chi connectivity index (χ1v) is 10.7. The van der Waals surface area contributed by atoms with Crippen molar-refractivity contribution in [1.82, 2.24) is 15.0 Å². The van der Waals surface area contributed by atoms with Crippen molar-refractivity contribution in [3.8, 4) is 5.75 Å². The minimum atomic E-state index is -0.363. The normalized spacial score (nSPS) is 13.7. The molecule has 9 heteroatoms. The second-order valence-corrected chi connectivity index (χ2v) is 7.84. The molecule has 0 radical (unpaired) electrons. The summed E-state index contributed by atoms with van der Waals surface area (Å²) in [5, 5.41) is 6.66. The molecular weight excluding hydrogens is 427 g/mol. The van der Waals surface area contributed by atoms with Crippen molar-refractivity contribution >= 4 is 17.6 Å². The molecule has 1 N–H and O–H groups in total. The summed E-state index contributed by atoms with van der Waals surface area (Å²) in [6.45, 7) is 5.63. The second-order valence-electron chi connectivity index (χ2n) is 7.84. The van der Waals surface area contributed by atoms with Crippen molar-refractivity contribution in [2.24, 2.45) is 0 Å². The van der Waals surface area contributed by atoms with E-state index in [0.29, 0.717) is 55.5 Å². The molecule has 1 fully saturated rings. The van der Waals surface area contributed by atoms with Crippen LogP contribution in [0.4, 0.5) is 14.9 Å². The van der Waals surface area contributed by atoms with Gasteiger partial charge in [-0.1, -0.05) is 11.2 Å². The molecule has 1 aromatic heterocycles. The molecule has 3 amide bonds. The van der Waals surface area contributed by atoms with E-state index in [1.807, 2.05) is 13.8 Å². The largest absolute Gasteiger partial charge is 0.489 e. The quantitative estimate of drug-likeness (QED) is 0.632. The molecule has 0 aliphatic carbocycles. The van der Waals surface area contributed by atoms with Crippen LogP contribution in [-0.4, -0.2) is 53.1 Å². The monoisotopic (exact) mass is 452 g/mol. The summed E-state index contributed by atoms with van der Waals surface area (Å²) in [7, 11) is 0. The van der Waals surface area contributed by atoms with Crippen molar-refractivity contribution in [2.75, 3.05) is 31.5 Å². The minimum absolute atomic E-state index is 0.114. The van der Waals surface area contributed by atoms with Gasteiger partial charge in [0, 0.05) is 37.4 Å². The van der Waals surface area contributed by atoms with Crippen LogP contribution < -0.4 is 10.1 Å². The number of hydrogen-bond donors (Lipinski definition) is 1. The Labute approximate surface area is 190 Å². The van der Waals surface area contributed by atoms with E-state index in [9.17, 15) is 14.0 Å². The highest BCUT2D eigenvalue weighted by atomic mass is 19.1. The lowest BCUT2D eigenvalue weighted by Gasteiger charge is -2.34. The number of piperazine rings is 1. The van der Waals surface area contributed by atoms with Crippen molar-refractivity contribution in [3.63, 3.8) is 0 Å². The van der Waals surface area contributed by atoms with Crippen molar-refractivity contribution in [3.05, 3.63) is 76.9 Å². The number of aryl methyl sites for hydroxylation is 2. The predicted molar refractivity (Wildman–Crippen MR) is 120 cm³/mol. The zero-order valence-corrected chi connectivity index (χ0v) is 18.5. The molecule has 4 rings (SSSR count). The first-order valence-electron chi connectivity index (χ1n) is 10.7. The van der Waals surface area contributed by atoms with Crippen LogP contribution in [0.5, 0.6) is 5.75 Å². The maximum Gasteiger partial charge on any atom is 0.321 e. The maximum absolute atomic E-state index is 13.0. The summed E-state index contributed by atoms with van der Waals surface area (Å²) in [6.07, 6.45) is 0. The fraction of sp³-hybridized carbons (Fsp3) is 0.292. The predicted octanol–water partition coefficient (Wildman–Crippen LogP) is 4.00. The Bertz CT molecular complexity index is 1120. The number of halogens is 1. The van der Waals surface area contributed by atoms with Gasteiger partial charge in [0.25, 0.3) is 5.91 Å². The van der Waals surface area contributed by atoms with Crippen LogP contribution in [0.25, 0.3) is 0 Å². The van der Waals surface area contributed by atoms with Gasteiger partial charge in [-0.15, -0.1) is 0 Å². The van der Waals surface area contributed by atoms with Gasteiger partial charge in [0.1, 0.15) is 23.9 Å². The van der Waals surface area contributed by atoms with Crippen molar-refractivity contribution < 1.29 is 23.2 Å². The van der Waals surface area contributed by atoms with Crippen LogP contribution in [0, 0.1) is 19.7 Å². The van der Waals surface area contributed by atoms with Gasteiger partial charge in [0.15, 0.2) is 0 Å². The number of benzene rings is 2. The molecule has 172 valence electrons. The third kappa shape index (κ3) is 5.31. The van der Waals surface area contributed by atoms with Gasteiger partial charge in [-0.2, -0.15) is 0 Å². The molecular formula is C24H25FN4O4. The van der Waals surface area contributed by atoms with Gasteiger partial charge < -0.3 is 24.4 Å². The SMILES string of the molecule is Cc1noc(C)c1COc1cccc(C(=O)N2CCN(C(=O)Nc3ccc(F)cc3)CC2)c1. The number of rotatable bonds is 5. The van der Waals surface area contributed by atoms with E-state index >= 15 is 0 Å². The molecule has 0 unspecified atom stereocenters. The zero-order chi connectivity index (χ0) is 23.4. The van der Waals surface area contributed by atoms with Gasteiger partial charge in [-0.3, -0.25) is 4.79 Å². The fourth-order valence-corrected chi connectivity index (χ4v) is 3.61. The number of aromatic nitrogens is 1. The highest BCUT2D eigenvalue weighted by Gasteiger charge is 2.25. The summed E-state index contributed by atoms with van der Waals surface area (Å²) in [6, 6.07) is 12.4. The molecule has 0 atom stereocenters. The zero-order valence-electron chi connectivity index (χ0n) is 18.5. The highest BCUT2D eigenvalue weighted by Crippen LogP contribution is 2.20. The first kappa shape index (κ1) is 22.3. The number of anilines is 1. The number of nitrogens with one attached hydrogen (secondary N) is 1. The topological polar surface area (TPSA) is 87.9 Å². The van der Waals surface area contributed by atoms with Crippen LogP contribution in [-0.2, 0) is 6.61 Å². The van der Waals surface area contributed by atoms with E-state index in [2.05, 4.69) is 10.5 Å². The fourth-order valence-electron chi connectivity index (χ4n) is 3.61. The van der Waals surface area contributed by atoms with Gasteiger partial charge >= 0.3 is 6.03 Å². The lowest BCUT2D eigenvalue weighted by atomic mass is 10.1. The number of carbonyl (C=O) groups excluding carboxylic acids is 2. The Balaban J connectivity index is 1.31. The van der Waals surface area contributed by atoms with E-state index in [1.165, 1.54) is 24.3 Å². The standard InChI is InChI=1S/C24H25FN4O4/c1-16-22(17(2)33-27-16)15-32-21-5-3-4-18(14-21)23(30)28-10-12-29(13-11-28)24(31)26-20-8-6-19(25)7-9-20/h3-9,14H,10-13,15H2,1-2H3,(H,26,31). The van der Waals surface area contributed by atoms with Crippen LogP contribution in [0.2, 0.25) is 0 Å². The van der Waals surface area contributed by atoms with E-state index < -0.39 is 0 Å². The third-order valence-corrected chi connectivity index (χ3v) is 5.59. The molecule has 1 saturated heterocycles. The Morgan fingerprint density at radius 1 is 1.06 bits per heavy atom. The molecule has 0 saturated carbocycles. The Morgan fingerprint density at radius 3 is 2.42 bits per heavy atom. The molecule has 33 heavy (non-hydrogen) atoms. The Kier molecular flexibility index (Phi) is 6.58. The molecule has 2 heterocycles. The summed E-state index contributed by atoms with van der Waals surface area (Å²) >= 11 is 0. The number of carbonyl (C=O) groups is 2. The Hall–Kier alpha value is -3.88. The summed E-state index contributed by atoms with van der Waals surface area (Å²) in [5.74, 6) is 0.814. The number of ether oxygens (including phenoxy) is 1. The average molecular weight is 452 g/mol. The second kappa shape index (κ2) is 9.72. The van der Waals surface area contributed by atoms with E-state index in [4.69, 9.17) is 9.26 Å². The summed E-state index contributed by atoms with van der Waals surface area (Å²) in [4.78, 5) is 28.8. The smallest absolute Gasteiger partial charge is 0.321 e. The average Bonchev–Trinajstić information content (AvgIpc) is 3.16. The number of urea groups is 1. The van der Waals surface area contributed by atoms with E-state index in [0.717, 1.165) is 11.3 Å². The molecule has 8 nitrogen and oxygen atoms in total. The van der Waals surface area contributed by atoms with Crippen molar-refractivity contribution in [2.45, 2.75) is 20.5 Å². The number of hydrogen-bond acceptors (Lipinski definition) is 5. The molecule has 2 aromatic carbocycles. The number of nitrogens with zero attached hydrogens (tertiary/aromatic N) is 3. The molecule has 1 aliphatic heterocycles. The Morgan fingerprint density at radius 2 is 1.76 bits per heavy atom. The molecule has 0 spiro atoms. The first-order chi connectivity index (χ1) is 15.9. The molecule has 3 aromatic rings. The number of amides is 3. The third-order valence-electron chi connectivity index (χ3n) is 5.59. The lowest BCUT2D eigenvalue weighted by Crippen LogP contribution is -2.51. The van der Waals surface area contributed by atoms with Crippen molar-refractivity contribution in [1.29, 1.82) is 0 Å². The van der Waals surface area contributed by atoms with Crippen LogP contribution >= 0.6 is 0 Å². The maximum atomic E-state index is 13.0. The van der Waals surface area contributed by atoms with Crippen LogP contribution in [0.1, 0.15) is 27.4 Å². The van der Waals surface area contributed by atoms with Gasteiger partial charge in [0.2, 0.25) is 0 Å². The lowest BCUT2D eigenvalue weighted by molar-refractivity contribution is 0.0671. The van der Waals surface area contributed by atoms with Gasteiger partial charge in [-0.05, 0) is 56.3 Å². The van der Waals surface area contributed by atoms with Gasteiger partial charge in [0.05, 0.1) is 11.3 Å². The van der Waals surface area contributed by atoms with E-state index in [-0.39, 0.29) is 17.8 Å². The van der Waals surface area contributed by atoms with Crippen LogP contribution in [0.3, 0.4) is 0 Å². The van der Waals surface area contributed by atoms with Crippen LogP contribution in [0.15, 0.2) is 53.1 Å². The molecule has 1 aliphatic rings. The molecule has 0 bridgehead atoms. The van der Waals surface area contributed by atoms with Gasteiger partial charge in [-0.25, -0.2) is 9.18 Å². The van der Waals surface area contributed by atoms with E-state index in [1.54, 1.807) is 34.1 Å². The summed E-state index contributed by atoms with van der Waals surface area (Å²) < 4.78 is 24.0.